The standard InChI is InChI=1S/C40H43ClFN5O7S2/c1-39(2,3)54-38(49)46-24-29(48)22-40(46,21-26-9-11-27(12-10-26)33-8-6-7-15-43-33)25-45-34-20-32(42)36(19-31(34)41)56(50,51)47(37-44-16-17-55-37)23-28-13-14-30(52-4)18-35(28)53-5/h6-20,29,45,48H,21-25H2,1-5H3/t29-,40-/m0/s1. The van der Waals surface area contributed by atoms with Gasteiger partial charge in [-0.15, -0.1) is 11.3 Å². The maximum absolute atomic E-state index is 16.2. The summed E-state index contributed by atoms with van der Waals surface area (Å²) in [6, 6.07) is 20.4. The zero-order valence-corrected chi connectivity index (χ0v) is 33.9. The molecule has 0 unspecified atom stereocenters. The number of carbonyl (C=O) groups is 1. The van der Waals surface area contributed by atoms with Gasteiger partial charge in [-0.25, -0.2) is 26.9 Å². The summed E-state index contributed by atoms with van der Waals surface area (Å²) in [4.78, 5) is 23.2. The number of thiazole rings is 1. The van der Waals surface area contributed by atoms with Crippen molar-refractivity contribution < 1.29 is 36.9 Å². The second-order valence-corrected chi connectivity index (χ2v) is 17.5. The first-order valence-corrected chi connectivity index (χ1v) is 20.4. The Hall–Kier alpha value is -4.96. The Kier molecular flexibility index (Phi) is 12.1. The van der Waals surface area contributed by atoms with Crippen LogP contribution in [-0.2, 0) is 27.7 Å². The van der Waals surface area contributed by atoms with E-state index in [0.29, 0.717) is 23.5 Å². The molecule has 2 aromatic heterocycles. The van der Waals surface area contributed by atoms with Gasteiger partial charge >= 0.3 is 6.09 Å². The van der Waals surface area contributed by atoms with Crippen LogP contribution in [0.2, 0.25) is 5.02 Å². The van der Waals surface area contributed by atoms with E-state index in [1.807, 2.05) is 42.5 Å². The van der Waals surface area contributed by atoms with Gasteiger partial charge in [0, 0.05) is 47.9 Å². The highest BCUT2D eigenvalue weighted by molar-refractivity contribution is 7.93. The Bertz CT molecular complexity index is 2260. The van der Waals surface area contributed by atoms with Crippen molar-refractivity contribution in [3.8, 4) is 22.8 Å². The van der Waals surface area contributed by atoms with Crippen molar-refractivity contribution in [2.75, 3.05) is 36.9 Å². The second kappa shape index (κ2) is 16.6. The minimum Gasteiger partial charge on any atom is -0.497 e. The van der Waals surface area contributed by atoms with Crippen molar-refractivity contribution in [2.45, 2.75) is 62.3 Å². The van der Waals surface area contributed by atoms with Crippen LogP contribution >= 0.6 is 22.9 Å². The van der Waals surface area contributed by atoms with Crippen molar-refractivity contribution in [3.63, 3.8) is 0 Å². The summed E-state index contributed by atoms with van der Waals surface area (Å²) in [5.41, 5.74) is 1.29. The summed E-state index contributed by atoms with van der Waals surface area (Å²) in [6.45, 7) is 5.07. The van der Waals surface area contributed by atoms with Gasteiger partial charge in [0.1, 0.15) is 27.8 Å². The lowest BCUT2D eigenvalue weighted by Crippen LogP contribution is -2.54. The summed E-state index contributed by atoms with van der Waals surface area (Å²) in [7, 11) is -1.63. The Labute approximate surface area is 334 Å². The maximum atomic E-state index is 16.2. The van der Waals surface area contributed by atoms with Gasteiger partial charge in [-0.05, 0) is 69.2 Å². The number of hydrogen-bond donors (Lipinski definition) is 2. The molecule has 1 aliphatic heterocycles. The van der Waals surface area contributed by atoms with E-state index < -0.39 is 44.1 Å². The number of β-amino-alcohol motifs (C(OH)–C–C–N with tert-alkyl or cyclic N) is 1. The van der Waals surface area contributed by atoms with Gasteiger partial charge in [0.25, 0.3) is 10.0 Å². The number of carbonyl (C=O) groups excluding carboxylic acids is 1. The summed E-state index contributed by atoms with van der Waals surface area (Å²) < 4.78 is 62.3. The topological polar surface area (TPSA) is 143 Å². The fraction of sp³-hybridized carbons (Fsp3) is 0.325. The lowest BCUT2D eigenvalue weighted by Gasteiger charge is -2.39. The van der Waals surface area contributed by atoms with Crippen LogP contribution in [-0.4, -0.2) is 79.0 Å². The molecule has 1 amide bonds. The molecule has 1 saturated heterocycles. The Balaban J connectivity index is 1.31. The highest BCUT2D eigenvalue weighted by Gasteiger charge is 2.49. The number of rotatable bonds is 13. The third-order valence-electron chi connectivity index (χ3n) is 9.28. The number of aromatic nitrogens is 2. The lowest BCUT2D eigenvalue weighted by atomic mass is 9.87. The number of aliphatic hydroxyl groups excluding tert-OH is 1. The lowest BCUT2D eigenvalue weighted by molar-refractivity contribution is 0.00895. The minimum absolute atomic E-state index is 0.00740. The zero-order chi connectivity index (χ0) is 40.3. The summed E-state index contributed by atoms with van der Waals surface area (Å²) >= 11 is 7.81. The Morgan fingerprint density at radius 3 is 2.48 bits per heavy atom. The molecule has 6 rings (SSSR count). The molecular formula is C40H43ClFN5O7S2. The van der Waals surface area contributed by atoms with Crippen LogP contribution in [0.15, 0.2) is 95.5 Å². The van der Waals surface area contributed by atoms with Crippen LogP contribution in [0, 0.1) is 5.82 Å². The number of methoxy groups -OCH3 is 2. The quantitative estimate of drug-likeness (QED) is 0.121. The van der Waals surface area contributed by atoms with Crippen molar-refractivity contribution in [1.29, 1.82) is 0 Å². The van der Waals surface area contributed by atoms with Crippen LogP contribution in [0.5, 0.6) is 11.5 Å². The van der Waals surface area contributed by atoms with Gasteiger partial charge in [0.2, 0.25) is 0 Å². The third kappa shape index (κ3) is 9.02. The van der Waals surface area contributed by atoms with Gasteiger partial charge < -0.3 is 24.6 Å². The molecule has 296 valence electrons. The van der Waals surface area contributed by atoms with Crippen LogP contribution in [0.4, 0.5) is 20.0 Å². The smallest absolute Gasteiger partial charge is 0.410 e. The molecule has 16 heteroatoms. The highest BCUT2D eigenvalue weighted by Crippen LogP contribution is 2.39. The van der Waals surface area contributed by atoms with Gasteiger partial charge in [0.15, 0.2) is 5.13 Å². The summed E-state index contributed by atoms with van der Waals surface area (Å²) in [6.07, 6.45) is 2.15. The van der Waals surface area contributed by atoms with Crippen LogP contribution in [0.1, 0.15) is 38.3 Å². The van der Waals surface area contributed by atoms with Crippen molar-refractivity contribution >= 4 is 49.9 Å². The molecule has 0 radical (unpaired) electrons. The number of halogens is 2. The highest BCUT2D eigenvalue weighted by atomic mass is 35.5. The molecule has 0 bridgehead atoms. The molecule has 1 aliphatic rings. The molecule has 12 nitrogen and oxygen atoms in total. The molecule has 56 heavy (non-hydrogen) atoms. The fourth-order valence-corrected chi connectivity index (χ4v) is 9.32. The monoisotopic (exact) mass is 823 g/mol. The summed E-state index contributed by atoms with van der Waals surface area (Å²) in [5, 5.41) is 15.8. The molecule has 0 spiro atoms. The van der Waals surface area contributed by atoms with Crippen LogP contribution in [0.25, 0.3) is 11.3 Å². The molecule has 3 aromatic carbocycles. The third-order valence-corrected chi connectivity index (χ3v) is 12.3. The number of anilines is 2. The molecule has 3 heterocycles. The maximum Gasteiger partial charge on any atom is 0.410 e. The number of hydrogen-bond acceptors (Lipinski definition) is 11. The largest absolute Gasteiger partial charge is 0.497 e. The molecular weight excluding hydrogens is 781 g/mol. The van der Waals surface area contributed by atoms with Crippen LogP contribution in [0.3, 0.4) is 0 Å². The molecule has 1 fully saturated rings. The number of likely N-dealkylation sites (tertiary alicyclic amines) is 1. The first-order chi connectivity index (χ1) is 26.6. The van der Waals surface area contributed by atoms with Crippen molar-refractivity contribution in [2.24, 2.45) is 0 Å². The molecule has 2 atom stereocenters. The first-order valence-electron chi connectivity index (χ1n) is 17.7. The first kappa shape index (κ1) is 40.7. The van der Waals surface area contributed by atoms with E-state index >= 15 is 4.39 Å². The van der Waals surface area contributed by atoms with Crippen molar-refractivity contribution in [1.82, 2.24) is 14.9 Å². The number of amides is 1. The second-order valence-electron chi connectivity index (χ2n) is 14.4. The molecule has 2 N–H and O–H groups in total. The number of nitrogens with zero attached hydrogens (tertiary/aromatic N) is 4. The number of aliphatic hydroxyl groups is 1. The number of sulfonamides is 1. The van der Waals surface area contributed by atoms with Crippen LogP contribution < -0.4 is 19.1 Å². The molecule has 0 saturated carbocycles. The molecule has 5 aromatic rings. The van der Waals surface area contributed by atoms with E-state index in [1.165, 1.54) is 25.3 Å². The predicted molar refractivity (Wildman–Crippen MR) is 215 cm³/mol. The van der Waals surface area contributed by atoms with Gasteiger partial charge in [0.05, 0.1) is 55.4 Å². The number of ether oxygens (including phenoxy) is 3. The zero-order valence-electron chi connectivity index (χ0n) is 31.5. The van der Waals surface area contributed by atoms with E-state index in [4.69, 9.17) is 25.8 Å². The Morgan fingerprint density at radius 1 is 1.07 bits per heavy atom. The number of pyridine rings is 1. The van der Waals surface area contributed by atoms with Gasteiger partial charge in [-0.1, -0.05) is 41.9 Å². The fourth-order valence-electron chi connectivity index (χ4n) is 6.68. The van der Waals surface area contributed by atoms with Crippen molar-refractivity contribution in [3.05, 3.63) is 113 Å². The average Bonchev–Trinajstić information content (AvgIpc) is 3.82. The minimum atomic E-state index is -4.58. The predicted octanol–water partition coefficient (Wildman–Crippen LogP) is 7.81. The van der Waals surface area contributed by atoms with E-state index in [0.717, 1.165) is 44.6 Å². The number of benzene rings is 3. The normalized spacial score (nSPS) is 17.1. The van der Waals surface area contributed by atoms with Gasteiger partial charge in [-0.3, -0.25) is 9.88 Å². The van der Waals surface area contributed by atoms with Gasteiger partial charge in [-0.2, -0.15) is 0 Å². The average molecular weight is 824 g/mol. The Morgan fingerprint density at radius 2 is 1.84 bits per heavy atom. The van der Waals surface area contributed by atoms with E-state index in [2.05, 4.69) is 15.3 Å². The molecule has 0 aliphatic carbocycles. The van der Waals surface area contributed by atoms with E-state index in [9.17, 15) is 18.3 Å². The SMILES string of the molecule is COc1ccc(CN(c2nccs2)S(=O)(=O)c2cc(Cl)c(NC[C@]3(Cc4ccc(-c5ccccn5)cc4)C[C@H](O)CN3C(=O)OC(C)(C)C)cc2F)c(OC)c1. The number of nitrogens with one attached hydrogen (secondary N) is 1. The summed E-state index contributed by atoms with van der Waals surface area (Å²) in [5.74, 6) is -0.179. The van der Waals surface area contributed by atoms with E-state index in [1.54, 1.807) is 50.5 Å². The van der Waals surface area contributed by atoms with E-state index in [-0.39, 0.29) is 41.9 Å².